The Bertz CT molecular complexity index is 1140. The Morgan fingerprint density at radius 3 is 2.77 bits per heavy atom. The van der Waals surface area contributed by atoms with E-state index >= 15 is 0 Å². The molecule has 1 aliphatic rings. The zero-order chi connectivity index (χ0) is 22.0. The number of anilines is 1. The summed E-state index contributed by atoms with van der Waals surface area (Å²) in [4.78, 5) is 28.7. The molecule has 31 heavy (non-hydrogen) atoms. The lowest BCUT2D eigenvalue weighted by molar-refractivity contribution is -0.116. The van der Waals surface area contributed by atoms with E-state index < -0.39 is 11.6 Å². The number of carbonyl (C=O) groups is 2. The highest BCUT2D eigenvalue weighted by Gasteiger charge is 2.24. The lowest BCUT2D eigenvalue weighted by Gasteiger charge is -2.28. The van der Waals surface area contributed by atoms with Crippen LogP contribution < -0.4 is 5.32 Å². The van der Waals surface area contributed by atoms with Gasteiger partial charge in [-0.2, -0.15) is 0 Å². The Hall–Kier alpha value is -3.06. The van der Waals surface area contributed by atoms with E-state index in [-0.39, 0.29) is 24.7 Å². The highest BCUT2D eigenvalue weighted by molar-refractivity contribution is 7.10. The van der Waals surface area contributed by atoms with Gasteiger partial charge in [-0.15, -0.1) is 11.3 Å². The Morgan fingerprint density at radius 1 is 1.13 bits per heavy atom. The number of fused-ring (bicyclic) bond motifs is 1. The van der Waals surface area contributed by atoms with E-state index in [0.29, 0.717) is 35.5 Å². The number of rotatable bonds is 5. The van der Waals surface area contributed by atoms with Crippen molar-refractivity contribution in [3.63, 3.8) is 0 Å². The van der Waals surface area contributed by atoms with Gasteiger partial charge < -0.3 is 10.2 Å². The third kappa shape index (κ3) is 4.66. The van der Waals surface area contributed by atoms with Crippen LogP contribution in [-0.2, 0) is 24.2 Å². The van der Waals surface area contributed by atoms with Crippen LogP contribution in [0.5, 0.6) is 0 Å². The van der Waals surface area contributed by atoms with E-state index in [0.717, 1.165) is 18.6 Å². The van der Waals surface area contributed by atoms with Crippen LogP contribution in [0.25, 0.3) is 0 Å². The van der Waals surface area contributed by atoms with Gasteiger partial charge in [-0.05, 0) is 72.2 Å². The van der Waals surface area contributed by atoms with Gasteiger partial charge in [-0.25, -0.2) is 8.78 Å². The molecule has 1 aliphatic heterocycles. The number of thiophene rings is 1. The van der Waals surface area contributed by atoms with Crippen molar-refractivity contribution in [2.45, 2.75) is 32.7 Å². The fraction of sp³-hybridized carbons (Fsp3) is 0.250. The third-order valence-corrected chi connectivity index (χ3v) is 6.58. The number of hydrogen-bond donors (Lipinski definition) is 1. The number of nitrogens with one attached hydrogen (secondary N) is 1. The molecule has 0 saturated carbocycles. The summed E-state index contributed by atoms with van der Waals surface area (Å²) in [7, 11) is 0. The number of carbonyl (C=O) groups excluding carboxylic acids is 2. The first-order chi connectivity index (χ1) is 14.9. The highest BCUT2D eigenvalue weighted by Crippen LogP contribution is 2.27. The van der Waals surface area contributed by atoms with E-state index in [1.807, 2.05) is 11.8 Å². The molecule has 4 nitrogen and oxygen atoms in total. The Labute approximate surface area is 183 Å². The normalized spacial score (nSPS) is 13.1. The Kier molecular flexibility index (Phi) is 6.13. The van der Waals surface area contributed by atoms with Gasteiger partial charge in [0.25, 0.3) is 5.91 Å². The summed E-state index contributed by atoms with van der Waals surface area (Å²) in [6.45, 7) is 3.09. The predicted octanol–water partition coefficient (Wildman–Crippen LogP) is 5.10. The number of aryl methyl sites for hydroxylation is 1. The molecule has 0 spiro atoms. The molecule has 0 aliphatic carbocycles. The maximum Gasteiger partial charge on any atom is 0.254 e. The SMILES string of the molecule is Cc1c(NC(=O)CCc2ccc(F)c(F)c2)cccc1C(=O)N1CCc2sccc2C1. The zero-order valence-corrected chi connectivity index (χ0v) is 17.9. The molecule has 0 bridgehead atoms. The first-order valence-electron chi connectivity index (χ1n) is 10.1. The molecule has 7 heteroatoms. The van der Waals surface area contributed by atoms with Crippen molar-refractivity contribution in [3.05, 3.63) is 86.6 Å². The van der Waals surface area contributed by atoms with Crippen LogP contribution in [0.2, 0.25) is 0 Å². The van der Waals surface area contributed by atoms with Crippen molar-refractivity contribution in [1.29, 1.82) is 0 Å². The molecule has 2 amide bonds. The summed E-state index contributed by atoms with van der Waals surface area (Å²) >= 11 is 1.73. The van der Waals surface area contributed by atoms with E-state index in [9.17, 15) is 18.4 Å². The maximum absolute atomic E-state index is 13.3. The molecule has 160 valence electrons. The highest BCUT2D eigenvalue weighted by atomic mass is 32.1. The van der Waals surface area contributed by atoms with Crippen LogP contribution in [0.1, 0.15) is 38.3 Å². The molecular weight excluding hydrogens is 418 g/mol. The number of halogens is 2. The Morgan fingerprint density at radius 2 is 1.97 bits per heavy atom. The van der Waals surface area contributed by atoms with Crippen LogP contribution in [0, 0.1) is 18.6 Å². The van der Waals surface area contributed by atoms with Crippen molar-refractivity contribution < 1.29 is 18.4 Å². The Balaban J connectivity index is 1.41. The minimum atomic E-state index is -0.924. The average molecular weight is 441 g/mol. The van der Waals surface area contributed by atoms with Crippen molar-refractivity contribution in [2.24, 2.45) is 0 Å². The second kappa shape index (κ2) is 8.98. The number of benzene rings is 2. The lowest BCUT2D eigenvalue weighted by Crippen LogP contribution is -2.35. The van der Waals surface area contributed by atoms with Crippen molar-refractivity contribution >= 4 is 28.8 Å². The molecule has 0 saturated heterocycles. The molecule has 0 radical (unpaired) electrons. The topological polar surface area (TPSA) is 49.4 Å². The summed E-state index contributed by atoms with van der Waals surface area (Å²) in [5, 5.41) is 4.90. The molecule has 1 N–H and O–H groups in total. The van der Waals surface area contributed by atoms with Gasteiger partial charge in [0.05, 0.1) is 0 Å². The second-order valence-electron chi connectivity index (χ2n) is 7.62. The van der Waals surface area contributed by atoms with Gasteiger partial charge in [0.1, 0.15) is 0 Å². The van der Waals surface area contributed by atoms with E-state index in [1.54, 1.807) is 29.5 Å². The predicted molar refractivity (Wildman–Crippen MR) is 117 cm³/mol. The minimum absolute atomic E-state index is 0.0489. The first-order valence-corrected chi connectivity index (χ1v) is 11.0. The fourth-order valence-electron chi connectivity index (χ4n) is 3.76. The molecule has 0 fully saturated rings. The summed E-state index contributed by atoms with van der Waals surface area (Å²) in [5.41, 5.74) is 3.60. The average Bonchev–Trinajstić information content (AvgIpc) is 3.23. The van der Waals surface area contributed by atoms with Crippen molar-refractivity contribution in [1.82, 2.24) is 4.90 Å². The van der Waals surface area contributed by atoms with Gasteiger partial charge in [-0.1, -0.05) is 12.1 Å². The monoisotopic (exact) mass is 440 g/mol. The van der Waals surface area contributed by atoms with Gasteiger partial charge in [0.15, 0.2) is 11.6 Å². The number of hydrogen-bond acceptors (Lipinski definition) is 3. The smallest absolute Gasteiger partial charge is 0.254 e. The van der Waals surface area contributed by atoms with Crippen LogP contribution in [0.3, 0.4) is 0 Å². The fourth-order valence-corrected chi connectivity index (χ4v) is 4.65. The van der Waals surface area contributed by atoms with Crippen LogP contribution in [0.4, 0.5) is 14.5 Å². The molecule has 0 atom stereocenters. The summed E-state index contributed by atoms with van der Waals surface area (Å²) < 4.78 is 26.4. The lowest BCUT2D eigenvalue weighted by atomic mass is 10.0. The molecular formula is C24H22F2N2O2S. The van der Waals surface area contributed by atoms with Gasteiger partial charge in [0, 0.05) is 35.6 Å². The third-order valence-electron chi connectivity index (χ3n) is 5.56. The molecule has 4 rings (SSSR count). The minimum Gasteiger partial charge on any atom is -0.334 e. The molecule has 0 unspecified atom stereocenters. The van der Waals surface area contributed by atoms with Gasteiger partial charge >= 0.3 is 0 Å². The quantitative estimate of drug-likeness (QED) is 0.600. The largest absolute Gasteiger partial charge is 0.334 e. The van der Waals surface area contributed by atoms with Crippen molar-refractivity contribution in [2.75, 3.05) is 11.9 Å². The van der Waals surface area contributed by atoms with Gasteiger partial charge in [0.2, 0.25) is 5.91 Å². The first kappa shape index (κ1) is 21.2. The summed E-state index contributed by atoms with van der Waals surface area (Å²) in [6.07, 6.45) is 1.27. The summed E-state index contributed by atoms with van der Waals surface area (Å²) in [6, 6.07) is 11.0. The van der Waals surface area contributed by atoms with Crippen LogP contribution in [0.15, 0.2) is 47.8 Å². The molecule has 2 heterocycles. The van der Waals surface area contributed by atoms with E-state index in [4.69, 9.17) is 0 Å². The standard InChI is InChI=1S/C24H22F2N2O2S/c1-15-18(24(30)28-11-9-22-17(14-28)10-12-31-22)3-2-4-21(15)27-23(29)8-6-16-5-7-19(25)20(26)13-16/h2-5,7,10,12-13H,6,8-9,11,14H2,1H3,(H,27,29). The summed E-state index contributed by atoms with van der Waals surface area (Å²) in [5.74, 6) is -2.13. The van der Waals surface area contributed by atoms with E-state index in [2.05, 4.69) is 16.8 Å². The van der Waals surface area contributed by atoms with Crippen LogP contribution in [-0.4, -0.2) is 23.3 Å². The second-order valence-corrected chi connectivity index (χ2v) is 8.62. The van der Waals surface area contributed by atoms with Crippen molar-refractivity contribution in [3.8, 4) is 0 Å². The molecule has 3 aromatic rings. The maximum atomic E-state index is 13.3. The van der Waals surface area contributed by atoms with Gasteiger partial charge in [-0.3, -0.25) is 9.59 Å². The number of amides is 2. The molecule has 1 aromatic heterocycles. The van der Waals surface area contributed by atoms with Crippen LogP contribution >= 0.6 is 11.3 Å². The number of nitrogens with zero attached hydrogens (tertiary/aromatic N) is 1. The van der Waals surface area contributed by atoms with E-state index in [1.165, 1.54) is 16.5 Å². The molecule has 2 aromatic carbocycles. The zero-order valence-electron chi connectivity index (χ0n) is 17.1.